The first-order chi connectivity index (χ1) is 17.2. The summed E-state index contributed by atoms with van der Waals surface area (Å²) in [6.45, 7) is 4.93. The number of halogens is 2. The van der Waals surface area contributed by atoms with Gasteiger partial charge in [-0.25, -0.2) is 13.8 Å². The summed E-state index contributed by atoms with van der Waals surface area (Å²) in [4.78, 5) is 22.5. The number of aryl methyl sites for hydroxylation is 2. The minimum atomic E-state index is -3.00. The SMILES string of the molecule is CC(C)Oc1ccnc(C(C(=O)O)N2CCC[C@@H]2C(F)(F)CCCCc2ccc3c(n2)NCCC3)c1. The lowest BCUT2D eigenvalue weighted by Gasteiger charge is -2.35. The van der Waals surface area contributed by atoms with Crippen molar-refractivity contribution in [1.29, 1.82) is 0 Å². The zero-order valence-electron chi connectivity index (χ0n) is 21.1. The molecule has 1 saturated heterocycles. The van der Waals surface area contributed by atoms with Crippen molar-refractivity contribution in [3.63, 3.8) is 0 Å². The van der Waals surface area contributed by atoms with Gasteiger partial charge in [0.15, 0.2) is 6.04 Å². The van der Waals surface area contributed by atoms with Crippen molar-refractivity contribution in [2.75, 3.05) is 18.4 Å². The lowest BCUT2D eigenvalue weighted by Crippen LogP contribution is -2.47. The highest BCUT2D eigenvalue weighted by Crippen LogP contribution is 2.40. The maximum absolute atomic E-state index is 15.4. The number of unbranched alkanes of at least 4 members (excludes halogenated alkanes) is 1. The number of carbonyl (C=O) groups is 1. The monoisotopic (exact) mass is 502 g/mol. The number of nitrogens with zero attached hydrogens (tertiary/aromatic N) is 3. The van der Waals surface area contributed by atoms with Crippen molar-refractivity contribution in [2.24, 2.45) is 0 Å². The highest BCUT2D eigenvalue weighted by Gasteiger charge is 2.49. The van der Waals surface area contributed by atoms with Crippen molar-refractivity contribution >= 4 is 11.8 Å². The smallest absolute Gasteiger partial charge is 0.327 e. The molecule has 0 aliphatic carbocycles. The van der Waals surface area contributed by atoms with Crippen LogP contribution in [0.3, 0.4) is 0 Å². The van der Waals surface area contributed by atoms with Crippen molar-refractivity contribution in [2.45, 2.75) is 89.3 Å². The number of likely N-dealkylation sites (tertiary alicyclic amines) is 1. The maximum Gasteiger partial charge on any atom is 0.327 e. The van der Waals surface area contributed by atoms with E-state index < -0.39 is 24.0 Å². The number of hydrogen-bond donors (Lipinski definition) is 2. The number of hydrogen-bond acceptors (Lipinski definition) is 6. The molecule has 0 saturated carbocycles. The molecule has 4 heterocycles. The number of anilines is 1. The molecule has 0 spiro atoms. The second-order valence-electron chi connectivity index (χ2n) is 10.0. The van der Waals surface area contributed by atoms with Gasteiger partial charge in [0.1, 0.15) is 11.6 Å². The number of nitrogens with one attached hydrogen (secondary N) is 1. The number of ether oxygens (including phenoxy) is 1. The molecule has 2 atom stereocenters. The molecule has 2 aromatic rings. The van der Waals surface area contributed by atoms with E-state index in [4.69, 9.17) is 4.74 Å². The Labute approximate surface area is 211 Å². The highest BCUT2D eigenvalue weighted by molar-refractivity contribution is 5.75. The fourth-order valence-corrected chi connectivity index (χ4v) is 5.25. The van der Waals surface area contributed by atoms with Crippen LogP contribution in [0.25, 0.3) is 0 Å². The molecule has 0 amide bonds. The summed E-state index contributed by atoms with van der Waals surface area (Å²) < 4.78 is 36.5. The van der Waals surface area contributed by atoms with E-state index in [1.165, 1.54) is 16.7 Å². The minimum Gasteiger partial charge on any atom is -0.491 e. The van der Waals surface area contributed by atoms with E-state index in [-0.39, 0.29) is 24.6 Å². The van der Waals surface area contributed by atoms with Crippen LogP contribution in [0.15, 0.2) is 30.5 Å². The van der Waals surface area contributed by atoms with Crippen molar-refractivity contribution in [1.82, 2.24) is 14.9 Å². The van der Waals surface area contributed by atoms with E-state index >= 15 is 8.78 Å². The first-order valence-electron chi connectivity index (χ1n) is 13.0. The van der Waals surface area contributed by atoms with Crippen molar-refractivity contribution in [3.05, 3.63) is 47.4 Å². The summed E-state index contributed by atoms with van der Waals surface area (Å²) in [5.41, 5.74) is 2.34. The van der Waals surface area contributed by atoms with Crippen LogP contribution in [0, 0.1) is 0 Å². The Bertz CT molecular complexity index is 1050. The van der Waals surface area contributed by atoms with E-state index in [0.29, 0.717) is 38.0 Å². The third kappa shape index (κ3) is 6.30. The van der Waals surface area contributed by atoms with Gasteiger partial charge >= 0.3 is 5.97 Å². The van der Waals surface area contributed by atoms with E-state index in [2.05, 4.69) is 21.4 Å². The number of alkyl halides is 2. The second kappa shape index (κ2) is 11.5. The predicted molar refractivity (Wildman–Crippen MR) is 134 cm³/mol. The normalized spacial score (nSPS) is 19.1. The van der Waals surface area contributed by atoms with Crippen LogP contribution >= 0.6 is 0 Å². The molecule has 196 valence electrons. The summed E-state index contributed by atoms with van der Waals surface area (Å²) in [6, 6.07) is 4.88. The zero-order chi connectivity index (χ0) is 25.7. The van der Waals surface area contributed by atoms with Crippen LogP contribution in [0.4, 0.5) is 14.6 Å². The van der Waals surface area contributed by atoms with Gasteiger partial charge in [-0.2, -0.15) is 0 Å². The topological polar surface area (TPSA) is 87.6 Å². The first kappa shape index (κ1) is 26.3. The number of rotatable bonds is 11. The van der Waals surface area contributed by atoms with Gasteiger partial charge in [-0.15, -0.1) is 0 Å². The minimum absolute atomic E-state index is 0.0971. The molecule has 2 aliphatic rings. The summed E-state index contributed by atoms with van der Waals surface area (Å²) in [5, 5.41) is 13.3. The molecule has 4 rings (SSSR count). The van der Waals surface area contributed by atoms with Gasteiger partial charge in [0.2, 0.25) is 0 Å². The molecule has 9 heteroatoms. The summed E-state index contributed by atoms with van der Waals surface area (Å²) in [5.74, 6) is -2.78. The fourth-order valence-electron chi connectivity index (χ4n) is 5.25. The Kier molecular flexibility index (Phi) is 8.39. The Balaban J connectivity index is 1.39. The molecule has 0 aromatic carbocycles. The second-order valence-corrected chi connectivity index (χ2v) is 10.0. The van der Waals surface area contributed by atoms with Gasteiger partial charge in [0.05, 0.1) is 17.8 Å². The van der Waals surface area contributed by atoms with Crippen molar-refractivity contribution < 1.29 is 23.4 Å². The number of aromatic nitrogens is 2. The quantitative estimate of drug-likeness (QED) is 0.405. The molecule has 1 unspecified atom stereocenters. The molecule has 2 aliphatic heterocycles. The Morgan fingerprint density at radius 1 is 1.28 bits per heavy atom. The van der Waals surface area contributed by atoms with Gasteiger partial charge in [-0.3, -0.25) is 14.7 Å². The molecule has 2 aromatic heterocycles. The summed E-state index contributed by atoms with van der Waals surface area (Å²) in [6.07, 6.45) is 5.58. The standard InChI is InChI=1S/C27H36F2N4O3/c1-18(2)36-21-12-15-30-22(17-21)24(26(34)35)33-16-6-9-23(33)27(28,29)13-4-3-8-20-11-10-19-7-5-14-31-25(19)32-20/h10-12,15,17-18,23-24H,3-9,13-14,16H2,1-2H3,(H,31,32)(H,34,35)/t23-,24?/m1/s1. The van der Waals surface area contributed by atoms with E-state index in [1.807, 2.05) is 19.9 Å². The Morgan fingerprint density at radius 2 is 2.11 bits per heavy atom. The molecular weight excluding hydrogens is 466 g/mol. The van der Waals surface area contributed by atoms with Gasteiger partial charge in [-0.1, -0.05) is 6.07 Å². The fraction of sp³-hybridized carbons (Fsp3) is 0.593. The van der Waals surface area contributed by atoms with E-state index in [0.717, 1.165) is 30.9 Å². The lowest BCUT2D eigenvalue weighted by atomic mass is 9.98. The van der Waals surface area contributed by atoms with Gasteiger partial charge in [0.25, 0.3) is 5.92 Å². The number of aliphatic carboxylic acids is 1. The molecule has 2 N–H and O–H groups in total. The molecule has 7 nitrogen and oxygen atoms in total. The molecule has 0 bridgehead atoms. The van der Waals surface area contributed by atoms with Gasteiger partial charge in [0, 0.05) is 30.9 Å². The Morgan fingerprint density at radius 3 is 2.89 bits per heavy atom. The Hall–Kier alpha value is -2.81. The average molecular weight is 503 g/mol. The van der Waals surface area contributed by atoms with Crippen LogP contribution in [0.1, 0.15) is 75.4 Å². The van der Waals surface area contributed by atoms with Crippen LogP contribution in [-0.2, 0) is 17.6 Å². The van der Waals surface area contributed by atoms with E-state index in [9.17, 15) is 9.90 Å². The number of fused-ring (bicyclic) bond motifs is 1. The van der Waals surface area contributed by atoms with E-state index in [1.54, 1.807) is 12.1 Å². The van der Waals surface area contributed by atoms with Gasteiger partial charge < -0.3 is 15.2 Å². The van der Waals surface area contributed by atoms with Crippen molar-refractivity contribution in [3.8, 4) is 5.75 Å². The molecule has 1 fully saturated rings. The number of carboxylic acids is 1. The zero-order valence-corrected chi connectivity index (χ0v) is 21.1. The summed E-state index contributed by atoms with van der Waals surface area (Å²) >= 11 is 0. The molecule has 0 radical (unpaired) electrons. The third-order valence-electron chi connectivity index (χ3n) is 6.90. The molecule has 36 heavy (non-hydrogen) atoms. The summed E-state index contributed by atoms with van der Waals surface area (Å²) in [7, 11) is 0. The molecular formula is C27H36F2N4O3. The average Bonchev–Trinajstić information content (AvgIpc) is 3.32. The number of carboxylic acid groups (broad SMARTS) is 1. The lowest BCUT2D eigenvalue weighted by molar-refractivity contribution is -0.149. The van der Waals surface area contributed by atoms with Crippen LogP contribution in [-0.4, -0.2) is 57.1 Å². The van der Waals surface area contributed by atoms with Crippen LogP contribution < -0.4 is 10.1 Å². The van der Waals surface area contributed by atoms with Gasteiger partial charge in [-0.05, 0) is 83.0 Å². The highest BCUT2D eigenvalue weighted by atomic mass is 19.3. The van der Waals surface area contributed by atoms with Crippen LogP contribution in [0.5, 0.6) is 5.75 Å². The maximum atomic E-state index is 15.4. The third-order valence-corrected chi connectivity index (χ3v) is 6.90. The largest absolute Gasteiger partial charge is 0.491 e. The number of pyridine rings is 2. The predicted octanol–water partition coefficient (Wildman–Crippen LogP) is 5.26. The van der Waals surface area contributed by atoms with Crippen LogP contribution in [0.2, 0.25) is 0 Å². The first-order valence-corrected chi connectivity index (χ1v) is 13.0.